The van der Waals surface area contributed by atoms with Crippen LogP contribution in [-0.2, 0) is 13.2 Å². The summed E-state index contributed by atoms with van der Waals surface area (Å²) in [7, 11) is 0. The van der Waals surface area contributed by atoms with Crippen molar-refractivity contribution in [2.45, 2.75) is 34.0 Å². The molecule has 1 N–H and O–H groups in total. The topological polar surface area (TPSA) is 79.2 Å². The molecule has 0 spiro atoms. The van der Waals surface area contributed by atoms with Crippen LogP contribution in [0.1, 0.15) is 41.3 Å². The number of carbonyl (C=O) groups is 1. The summed E-state index contributed by atoms with van der Waals surface area (Å²) in [5.74, 6) is 3.29. The molecule has 1 heterocycles. The molecule has 3 aromatic carbocycles. The molecule has 0 aliphatic rings. The van der Waals surface area contributed by atoms with Gasteiger partial charge in [0, 0.05) is 5.69 Å². The van der Waals surface area contributed by atoms with E-state index >= 15 is 0 Å². The molecule has 192 valence electrons. The molecule has 0 saturated carbocycles. The second kappa shape index (κ2) is 12.5. The third kappa shape index (κ3) is 7.30. The number of hydrogen-bond acceptors (Lipinski definition) is 6. The minimum absolute atomic E-state index is 0.212. The Morgan fingerprint density at radius 1 is 0.757 bits per heavy atom. The maximum atomic E-state index is 12.6. The highest BCUT2D eigenvalue weighted by atomic mass is 16.5. The maximum Gasteiger partial charge on any atom is 0.291 e. The van der Waals surface area contributed by atoms with Crippen molar-refractivity contribution in [3.8, 4) is 23.0 Å². The number of hydrogen-bond donors (Lipinski definition) is 1. The summed E-state index contributed by atoms with van der Waals surface area (Å²) in [4.78, 5) is 12.6. The third-order valence-corrected chi connectivity index (χ3v) is 5.38. The van der Waals surface area contributed by atoms with Crippen molar-refractivity contribution in [1.82, 2.24) is 0 Å². The smallest absolute Gasteiger partial charge is 0.291 e. The Morgan fingerprint density at radius 2 is 1.51 bits per heavy atom. The lowest BCUT2D eigenvalue weighted by atomic mass is 10.2. The first-order valence-corrected chi connectivity index (χ1v) is 12.2. The minimum atomic E-state index is -0.340. The van der Waals surface area contributed by atoms with E-state index in [0.29, 0.717) is 42.8 Å². The van der Waals surface area contributed by atoms with Crippen LogP contribution in [0.25, 0.3) is 0 Å². The fourth-order valence-corrected chi connectivity index (χ4v) is 3.62. The molecule has 7 nitrogen and oxygen atoms in total. The van der Waals surface area contributed by atoms with E-state index in [4.69, 9.17) is 23.4 Å². The van der Waals surface area contributed by atoms with Crippen LogP contribution in [0.15, 0.2) is 83.3 Å². The second-order valence-corrected chi connectivity index (χ2v) is 8.29. The first kappa shape index (κ1) is 25.7. The summed E-state index contributed by atoms with van der Waals surface area (Å²) in [5.41, 5.74) is 2.70. The van der Waals surface area contributed by atoms with Crippen LogP contribution in [0.4, 0.5) is 5.69 Å². The zero-order chi connectivity index (χ0) is 26.0. The number of anilines is 1. The summed E-state index contributed by atoms with van der Waals surface area (Å²) in [6.45, 7) is 7.61. The molecule has 0 radical (unpaired) electrons. The standard InChI is InChI=1S/C30H31NO6/c1-4-33-27-15-9-22(18-29(27)34-5-2)19-35-24-12-10-23(11-13-24)31-30(32)28-16-14-26(37-28)20-36-25-8-6-7-21(3)17-25/h6-18H,4-5,19-20H2,1-3H3,(H,31,32). The normalized spacial score (nSPS) is 10.6. The Kier molecular flexibility index (Phi) is 8.70. The van der Waals surface area contributed by atoms with Gasteiger partial charge in [-0.15, -0.1) is 0 Å². The molecule has 37 heavy (non-hydrogen) atoms. The largest absolute Gasteiger partial charge is 0.490 e. The van der Waals surface area contributed by atoms with Crippen molar-refractivity contribution in [3.05, 3.63) is 102 Å². The van der Waals surface area contributed by atoms with E-state index in [2.05, 4.69) is 5.32 Å². The zero-order valence-corrected chi connectivity index (χ0v) is 21.3. The SMILES string of the molecule is CCOc1ccc(COc2ccc(NC(=O)c3ccc(COc4cccc(C)c4)o3)cc2)cc1OCC. The number of carbonyl (C=O) groups excluding carboxylic acids is 1. The molecular weight excluding hydrogens is 470 g/mol. The fourth-order valence-electron chi connectivity index (χ4n) is 3.62. The van der Waals surface area contributed by atoms with Crippen LogP contribution in [0.5, 0.6) is 23.0 Å². The molecule has 4 rings (SSSR count). The minimum Gasteiger partial charge on any atom is -0.490 e. The van der Waals surface area contributed by atoms with E-state index in [1.807, 2.05) is 63.2 Å². The van der Waals surface area contributed by atoms with Gasteiger partial charge in [-0.25, -0.2) is 0 Å². The van der Waals surface area contributed by atoms with Crippen molar-refractivity contribution in [2.75, 3.05) is 18.5 Å². The van der Waals surface area contributed by atoms with Crippen LogP contribution < -0.4 is 24.3 Å². The quantitative estimate of drug-likeness (QED) is 0.230. The first-order chi connectivity index (χ1) is 18.0. The molecule has 1 aromatic heterocycles. The van der Waals surface area contributed by atoms with E-state index in [9.17, 15) is 4.79 Å². The van der Waals surface area contributed by atoms with E-state index in [-0.39, 0.29) is 18.3 Å². The molecule has 0 fully saturated rings. The molecule has 0 aliphatic heterocycles. The molecule has 4 aromatic rings. The average molecular weight is 502 g/mol. The van der Waals surface area contributed by atoms with Crippen molar-refractivity contribution in [2.24, 2.45) is 0 Å². The first-order valence-electron chi connectivity index (χ1n) is 12.2. The molecule has 0 unspecified atom stereocenters. The van der Waals surface area contributed by atoms with Gasteiger partial charge in [0.15, 0.2) is 17.3 Å². The highest BCUT2D eigenvalue weighted by molar-refractivity contribution is 6.02. The number of benzene rings is 3. The Balaban J connectivity index is 1.28. The van der Waals surface area contributed by atoms with Crippen molar-refractivity contribution in [1.29, 1.82) is 0 Å². The number of furan rings is 1. The van der Waals surface area contributed by atoms with Gasteiger partial charge in [0.05, 0.1) is 13.2 Å². The molecule has 0 atom stereocenters. The van der Waals surface area contributed by atoms with E-state index in [1.165, 1.54) is 0 Å². The Hall–Kier alpha value is -4.39. The summed E-state index contributed by atoms with van der Waals surface area (Å²) in [6, 6.07) is 24.1. The molecule has 0 saturated heterocycles. The molecular formula is C30H31NO6. The molecule has 0 aliphatic carbocycles. The van der Waals surface area contributed by atoms with Gasteiger partial charge in [0.25, 0.3) is 5.91 Å². The predicted octanol–water partition coefficient (Wildman–Crippen LogP) is 6.80. The Bertz CT molecular complexity index is 1310. The lowest BCUT2D eigenvalue weighted by molar-refractivity contribution is 0.0992. The highest BCUT2D eigenvalue weighted by Gasteiger charge is 2.12. The van der Waals surface area contributed by atoms with E-state index in [0.717, 1.165) is 22.6 Å². The lowest BCUT2D eigenvalue weighted by Crippen LogP contribution is -2.10. The van der Waals surface area contributed by atoms with Gasteiger partial charge in [0.1, 0.15) is 30.5 Å². The van der Waals surface area contributed by atoms with Gasteiger partial charge in [-0.05, 0) is 92.6 Å². The maximum absolute atomic E-state index is 12.6. The van der Waals surface area contributed by atoms with Gasteiger partial charge in [-0.3, -0.25) is 4.79 Å². The van der Waals surface area contributed by atoms with Gasteiger partial charge < -0.3 is 28.7 Å². The van der Waals surface area contributed by atoms with Gasteiger partial charge in [-0.2, -0.15) is 0 Å². The van der Waals surface area contributed by atoms with Gasteiger partial charge in [0.2, 0.25) is 0 Å². The predicted molar refractivity (Wildman–Crippen MR) is 142 cm³/mol. The number of nitrogens with one attached hydrogen (secondary N) is 1. The summed E-state index contributed by atoms with van der Waals surface area (Å²) >= 11 is 0. The molecule has 0 bridgehead atoms. The number of rotatable bonds is 12. The molecule has 1 amide bonds. The van der Waals surface area contributed by atoms with Crippen LogP contribution in [-0.4, -0.2) is 19.1 Å². The van der Waals surface area contributed by atoms with E-state index in [1.54, 1.807) is 36.4 Å². The number of ether oxygens (including phenoxy) is 4. The summed E-state index contributed by atoms with van der Waals surface area (Å²) < 4.78 is 28.6. The zero-order valence-electron chi connectivity index (χ0n) is 21.3. The van der Waals surface area contributed by atoms with Crippen LogP contribution >= 0.6 is 0 Å². The second-order valence-electron chi connectivity index (χ2n) is 8.29. The van der Waals surface area contributed by atoms with E-state index < -0.39 is 0 Å². The number of aryl methyl sites for hydroxylation is 1. The van der Waals surface area contributed by atoms with Crippen LogP contribution in [0.2, 0.25) is 0 Å². The number of amides is 1. The third-order valence-electron chi connectivity index (χ3n) is 5.38. The highest BCUT2D eigenvalue weighted by Crippen LogP contribution is 2.29. The molecule has 7 heteroatoms. The van der Waals surface area contributed by atoms with Crippen molar-refractivity contribution in [3.63, 3.8) is 0 Å². The monoisotopic (exact) mass is 501 g/mol. The fraction of sp³-hybridized carbons (Fsp3) is 0.233. The van der Waals surface area contributed by atoms with Crippen LogP contribution in [0.3, 0.4) is 0 Å². The Morgan fingerprint density at radius 3 is 2.27 bits per heavy atom. The average Bonchev–Trinajstić information content (AvgIpc) is 3.38. The van der Waals surface area contributed by atoms with Gasteiger partial charge >= 0.3 is 0 Å². The van der Waals surface area contributed by atoms with Gasteiger partial charge in [-0.1, -0.05) is 18.2 Å². The lowest BCUT2D eigenvalue weighted by Gasteiger charge is -2.13. The Labute approximate surface area is 216 Å². The van der Waals surface area contributed by atoms with Crippen LogP contribution in [0, 0.1) is 6.92 Å². The van der Waals surface area contributed by atoms with Crippen molar-refractivity contribution >= 4 is 11.6 Å². The summed E-state index contributed by atoms with van der Waals surface area (Å²) in [6.07, 6.45) is 0. The van der Waals surface area contributed by atoms with Crippen molar-refractivity contribution < 1.29 is 28.2 Å². The summed E-state index contributed by atoms with van der Waals surface area (Å²) in [5, 5.41) is 2.83.